The van der Waals surface area contributed by atoms with E-state index >= 15 is 0 Å². The first-order chi connectivity index (χ1) is 7.90. The third kappa shape index (κ3) is 3.04. The molecule has 2 unspecified atom stereocenters. The van der Waals surface area contributed by atoms with E-state index in [1.807, 2.05) is 30.3 Å². The van der Waals surface area contributed by atoms with Crippen molar-refractivity contribution in [3.63, 3.8) is 0 Å². The summed E-state index contributed by atoms with van der Waals surface area (Å²) in [6.45, 7) is 1.42. The SMILES string of the molecule is OCC(OCC1CCCO1)c1ccccc1. The molecule has 3 heteroatoms. The van der Waals surface area contributed by atoms with Crippen LogP contribution < -0.4 is 0 Å². The zero-order valence-electron chi connectivity index (χ0n) is 9.34. The molecule has 1 aliphatic heterocycles. The molecule has 1 aromatic carbocycles. The quantitative estimate of drug-likeness (QED) is 0.827. The molecule has 0 radical (unpaired) electrons. The first kappa shape index (κ1) is 11.6. The average Bonchev–Trinajstić information content (AvgIpc) is 2.84. The Morgan fingerprint density at radius 3 is 2.81 bits per heavy atom. The minimum atomic E-state index is -0.231. The maximum absolute atomic E-state index is 9.29. The summed E-state index contributed by atoms with van der Waals surface area (Å²) in [7, 11) is 0. The van der Waals surface area contributed by atoms with Gasteiger partial charge in [-0.05, 0) is 18.4 Å². The van der Waals surface area contributed by atoms with Crippen molar-refractivity contribution in [1.82, 2.24) is 0 Å². The van der Waals surface area contributed by atoms with Crippen molar-refractivity contribution in [1.29, 1.82) is 0 Å². The number of hydrogen-bond acceptors (Lipinski definition) is 3. The zero-order valence-corrected chi connectivity index (χ0v) is 9.34. The molecule has 3 nitrogen and oxygen atoms in total. The van der Waals surface area contributed by atoms with E-state index in [1.54, 1.807) is 0 Å². The summed E-state index contributed by atoms with van der Waals surface area (Å²) in [5.74, 6) is 0. The van der Waals surface area contributed by atoms with Crippen molar-refractivity contribution < 1.29 is 14.6 Å². The molecule has 0 aromatic heterocycles. The van der Waals surface area contributed by atoms with Crippen LogP contribution in [0.15, 0.2) is 30.3 Å². The zero-order chi connectivity index (χ0) is 11.2. The maximum atomic E-state index is 9.29. The number of rotatable bonds is 5. The summed E-state index contributed by atoms with van der Waals surface area (Å²) in [6.07, 6.45) is 2.15. The molecule has 0 spiro atoms. The van der Waals surface area contributed by atoms with E-state index in [4.69, 9.17) is 9.47 Å². The number of aliphatic hydroxyl groups is 1. The Hall–Kier alpha value is -0.900. The van der Waals surface area contributed by atoms with Crippen LogP contribution >= 0.6 is 0 Å². The Balaban J connectivity index is 1.85. The molecule has 1 aromatic rings. The Morgan fingerprint density at radius 1 is 1.38 bits per heavy atom. The van der Waals surface area contributed by atoms with Crippen molar-refractivity contribution in [3.8, 4) is 0 Å². The van der Waals surface area contributed by atoms with Crippen LogP contribution in [0.25, 0.3) is 0 Å². The highest BCUT2D eigenvalue weighted by atomic mass is 16.5. The molecular formula is C13H18O3. The van der Waals surface area contributed by atoms with E-state index in [0.717, 1.165) is 25.0 Å². The lowest BCUT2D eigenvalue weighted by Crippen LogP contribution is -2.18. The van der Waals surface area contributed by atoms with Gasteiger partial charge in [0.25, 0.3) is 0 Å². The van der Waals surface area contributed by atoms with Gasteiger partial charge in [-0.1, -0.05) is 30.3 Å². The van der Waals surface area contributed by atoms with Crippen molar-refractivity contribution >= 4 is 0 Å². The Labute approximate surface area is 96.0 Å². The molecule has 1 N–H and O–H groups in total. The van der Waals surface area contributed by atoms with Crippen LogP contribution in [0.2, 0.25) is 0 Å². The van der Waals surface area contributed by atoms with E-state index in [9.17, 15) is 5.11 Å². The predicted molar refractivity (Wildman–Crippen MR) is 61.2 cm³/mol. The highest BCUT2D eigenvalue weighted by molar-refractivity contribution is 5.17. The van der Waals surface area contributed by atoms with Gasteiger partial charge < -0.3 is 14.6 Å². The highest BCUT2D eigenvalue weighted by Gasteiger charge is 2.18. The van der Waals surface area contributed by atoms with Crippen LogP contribution in [0.3, 0.4) is 0 Å². The van der Waals surface area contributed by atoms with Gasteiger partial charge in [0.05, 0.1) is 19.3 Å². The molecule has 0 aliphatic carbocycles. The van der Waals surface area contributed by atoms with E-state index in [2.05, 4.69) is 0 Å². The van der Waals surface area contributed by atoms with Gasteiger partial charge in [-0.3, -0.25) is 0 Å². The number of ether oxygens (including phenoxy) is 2. The Bertz CT molecular complexity index is 293. The van der Waals surface area contributed by atoms with Crippen molar-refractivity contribution in [2.45, 2.75) is 25.0 Å². The molecule has 88 valence electrons. The molecule has 16 heavy (non-hydrogen) atoms. The molecule has 1 fully saturated rings. The standard InChI is InChI=1S/C13H18O3/c14-9-13(11-5-2-1-3-6-11)16-10-12-7-4-8-15-12/h1-3,5-6,12-14H,4,7-10H2. The number of benzene rings is 1. The lowest BCUT2D eigenvalue weighted by atomic mass is 10.1. The summed E-state index contributed by atoms with van der Waals surface area (Å²) < 4.78 is 11.2. The third-order valence-electron chi connectivity index (χ3n) is 2.84. The van der Waals surface area contributed by atoms with Crippen LogP contribution in [-0.4, -0.2) is 31.0 Å². The van der Waals surface area contributed by atoms with Gasteiger partial charge in [0.2, 0.25) is 0 Å². The first-order valence-corrected chi connectivity index (χ1v) is 5.79. The highest BCUT2D eigenvalue weighted by Crippen LogP contribution is 2.19. The van der Waals surface area contributed by atoms with Gasteiger partial charge in [-0.15, -0.1) is 0 Å². The molecule has 0 amide bonds. The van der Waals surface area contributed by atoms with Crippen LogP contribution in [0.4, 0.5) is 0 Å². The fourth-order valence-corrected chi connectivity index (χ4v) is 1.92. The topological polar surface area (TPSA) is 38.7 Å². The van der Waals surface area contributed by atoms with Crippen molar-refractivity contribution in [2.75, 3.05) is 19.8 Å². The monoisotopic (exact) mass is 222 g/mol. The predicted octanol–water partition coefficient (Wildman–Crippen LogP) is 1.92. The second-order valence-electron chi connectivity index (χ2n) is 4.05. The second kappa shape index (κ2) is 5.99. The summed E-state index contributed by atoms with van der Waals surface area (Å²) >= 11 is 0. The summed E-state index contributed by atoms with van der Waals surface area (Å²) in [5, 5.41) is 9.29. The van der Waals surface area contributed by atoms with Crippen LogP contribution in [-0.2, 0) is 9.47 Å². The van der Waals surface area contributed by atoms with Gasteiger partial charge in [0.1, 0.15) is 6.10 Å². The molecule has 1 aliphatic rings. The molecule has 2 atom stereocenters. The number of aliphatic hydroxyl groups excluding tert-OH is 1. The largest absolute Gasteiger partial charge is 0.393 e. The summed E-state index contributed by atoms with van der Waals surface area (Å²) in [4.78, 5) is 0. The van der Waals surface area contributed by atoms with Crippen LogP contribution in [0.1, 0.15) is 24.5 Å². The van der Waals surface area contributed by atoms with Gasteiger partial charge in [0.15, 0.2) is 0 Å². The van der Waals surface area contributed by atoms with Gasteiger partial charge >= 0.3 is 0 Å². The van der Waals surface area contributed by atoms with Gasteiger partial charge in [0, 0.05) is 6.61 Å². The molecular weight excluding hydrogens is 204 g/mol. The fourth-order valence-electron chi connectivity index (χ4n) is 1.92. The van der Waals surface area contributed by atoms with E-state index in [1.165, 1.54) is 0 Å². The maximum Gasteiger partial charge on any atom is 0.106 e. The third-order valence-corrected chi connectivity index (χ3v) is 2.84. The smallest absolute Gasteiger partial charge is 0.106 e. The average molecular weight is 222 g/mol. The molecule has 1 heterocycles. The second-order valence-corrected chi connectivity index (χ2v) is 4.05. The first-order valence-electron chi connectivity index (χ1n) is 5.79. The van der Waals surface area contributed by atoms with Crippen molar-refractivity contribution in [3.05, 3.63) is 35.9 Å². The fraction of sp³-hybridized carbons (Fsp3) is 0.538. The van der Waals surface area contributed by atoms with Gasteiger partial charge in [-0.25, -0.2) is 0 Å². The van der Waals surface area contributed by atoms with Crippen LogP contribution in [0.5, 0.6) is 0 Å². The molecule has 0 bridgehead atoms. The van der Waals surface area contributed by atoms with E-state index in [0.29, 0.717) is 6.61 Å². The Kier molecular flexibility index (Phi) is 4.34. The minimum absolute atomic E-state index is 0.0106. The normalized spacial score (nSPS) is 22.2. The molecule has 2 rings (SSSR count). The summed E-state index contributed by atoms with van der Waals surface area (Å²) in [6, 6.07) is 9.80. The molecule has 0 saturated carbocycles. The number of hydrogen-bond donors (Lipinski definition) is 1. The lowest BCUT2D eigenvalue weighted by Gasteiger charge is -2.18. The van der Waals surface area contributed by atoms with Crippen molar-refractivity contribution in [2.24, 2.45) is 0 Å². The van der Waals surface area contributed by atoms with E-state index < -0.39 is 0 Å². The molecule has 1 saturated heterocycles. The van der Waals surface area contributed by atoms with Crippen LogP contribution in [0, 0.1) is 0 Å². The minimum Gasteiger partial charge on any atom is -0.393 e. The Morgan fingerprint density at radius 2 is 2.19 bits per heavy atom. The summed E-state index contributed by atoms with van der Waals surface area (Å²) in [5.41, 5.74) is 1.02. The lowest BCUT2D eigenvalue weighted by molar-refractivity contribution is -0.0408. The van der Waals surface area contributed by atoms with Gasteiger partial charge in [-0.2, -0.15) is 0 Å². The van der Waals surface area contributed by atoms with E-state index in [-0.39, 0.29) is 18.8 Å².